The van der Waals surface area contributed by atoms with Crippen LogP contribution in [0.1, 0.15) is 33.6 Å². The molecule has 5 rings (SSSR count). The normalized spacial score (nSPS) is 18.7. The SMILES string of the molecule is CN1CCC(N2C(=O)c3cc4nc(-c5cncn5C)[nH]c4cc3C2=O)CC1. The highest BCUT2D eigenvalue weighted by Gasteiger charge is 2.41. The first-order valence-corrected chi connectivity index (χ1v) is 9.10. The van der Waals surface area contributed by atoms with Crippen molar-refractivity contribution in [3.63, 3.8) is 0 Å². The summed E-state index contributed by atoms with van der Waals surface area (Å²) in [4.78, 5) is 41.6. The molecule has 27 heavy (non-hydrogen) atoms. The maximum absolute atomic E-state index is 13.0. The monoisotopic (exact) mass is 364 g/mol. The number of nitrogens with one attached hydrogen (secondary N) is 1. The summed E-state index contributed by atoms with van der Waals surface area (Å²) in [6.45, 7) is 1.79. The molecule has 3 aromatic rings. The molecule has 2 amide bonds. The summed E-state index contributed by atoms with van der Waals surface area (Å²) in [6, 6.07) is 3.47. The summed E-state index contributed by atoms with van der Waals surface area (Å²) >= 11 is 0. The van der Waals surface area contributed by atoms with Crippen LogP contribution < -0.4 is 0 Å². The van der Waals surface area contributed by atoms with Gasteiger partial charge < -0.3 is 14.5 Å². The van der Waals surface area contributed by atoms with E-state index in [1.54, 1.807) is 24.7 Å². The second kappa shape index (κ2) is 5.75. The van der Waals surface area contributed by atoms with Crippen molar-refractivity contribution in [1.29, 1.82) is 0 Å². The maximum atomic E-state index is 13.0. The van der Waals surface area contributed by atoms with Gasteiger partial charge in [-0.3, -0.25) is 14.5 Å². The molecule has 138 valence electrons. The fraction of sp³-hybridized carbons (Fsp3) is 0.368. The van der Waals surface area contributed by atoms with E-state index < -0.39 is 0 Å². The van der Waals surface area contributed by atoms with Crippen molar-refractivity contribution in [3.8, 4) is 11.5 Å². The quantitative estimate of drug-likeness (QED) is 0.699. The molecule has 2 aliphatic heterocycles. The molecule has 8 heteroatoms. The molecule has 2 aromatic heterocycles. The van der Waals surface area contributed by atoms with Crippen molar-refractivity contribution in [3.05, 3.63) is 35.8 Å². The number of amides is 2. The van der Waals surface area contributed by atoms with Crippen LogP contribution in [0.5, 0.6) is 0 Å². The van der Waals surface area contributed by atoms with Gasteiger partial charge in [-0.2, -0.15) is 0 Å². The van der Waals surface area contributed by atoms with E-state index in [1.807, 2.05) is 11.6 Å². The average molecular weight is 364 g/mol. The molecule has 0 bridgehead atoms. The second-order valence-corrected chi connectivity index (χ2v) is 7.40. The molecule has 4 heterocycles. The lowest BCUT2D eigenvalue weighted by Gasteiger charge is -2.33. The van der Waals surface area contributed by atoms with Gasteiger partial charge in [0, 0.05) is 13.1 Å². The van der Waals surface area contributed by atoms with Gasteiger partial charge in [-0.1, -0.05) is 0 Å². The van der Waals surface area contributed by atoms with E-state index in [9.17, 15) is 9.59 Å². The lowest BCUT2D eigenvalue weighted by Crippen LogP contribution is -2.46. The molecule has 1 fully saturated rings. The fourth-order valence-electron chi connectivity index (χ4n) is 4.05. The third-order valence-electron chi connectivity index (χ3n) is 5.63. The number of piperidine rings is 1. The molecule has 0 saturated carbocycles. The van der Waals surface area contributed by atoms with Crippen molar-refractivity contribution in [2.24, 2.45) is 7.05 Å². The summed E-state index contributed by atoms with van der Waals surface area (Å²) in [5.41, 5.74) is 3.19. The summed E-state index contributed by atoms with van der Waals surface area (Å²) in [5, 5.41) is 0. The number of hydrogen-bond acceptors (Lipinski definition) is 5. The van der Waals surface area contributed by atoms with Gasteiger partial charge in [0.1, 0.15) is 5.69 Å². The Kier molecular flexibility index (Phi) is 3.45. The number of hydrogen-bond donors (Lipinski definition) is 1. The van der Waals surface area contributed by atoms with Crippen molar-refractivity contribution in [2.75, 3.05) is 20.1 Å². The second-order valence-electron chi connectivity index (χ2n) is 7.40. The highest BCUT2D eigenvalue weighted by Crippen LogP contribution is 2.32. The predicted molar refractivity (Wildman–Crippen MR) is 99.3 cm³/mol. The van der Waals surface area contributed by atoms with Gasteiger partial charge >= 0.3 is 0 Å². The van der Waals surface area contributed by atoms with E-state index in [-0.39, 0.29) is 17.9 Å². The Balaban J connectivity index is 1.53. The molecule has 0 unspecified atom stereocenters. The average Bonchev–Trinajstić information content (AvgIpc) is 3.32. The van der Waals surface area contributed by atoms with Crippen LogP contribution in [0.2, 0.25) is 0 Å². The summed E-state index contributed by atoms with van der Waals surface area (Å²) < 4.78 is 1.86. The number of nitrogens with zero attached hydrogens (tertiary/aromatic N) is 5. The van der Waals surface area contributed by atoms with E-state index >= 15 is 0 Å². The number of imidazole rings is 2. The minimum Gasteiger partial charge on any atom is -0.337 e. The Hall–Kier alpha value is -3.00. The molecule has 8 nitrogen and oxygen atoms in total. The standard InChI is InChI=1S/C19H20N6O2/c1-23-5-3-11(4-6-23)25-18(26)12-7-14-15(8-13(12)19(25)27)22-17(21-14)16-9-20-10-24(16)2/h7-11H,3-6H2,1-2H3,(H,21,22). The van der Waals surface area contributed by atoms with Gasteiger partial charge in [-0.25, -0.2) is 9.97 Å². The molecule has 0 radical (unpaired) electrons. The minimum absolute atomic E-state index is 0.0232. The van der Waals surface area contributed by atoms with E-state index in [0.29, 0.717) is 22.5 Å². The molecule has 0 atom stereocenters. The van der Waals surface area contributed by atoms with Crippen molar-refractivity contribution in [1.82, 2.24) is 29.3 Å². The topological polar surface area (TPSA) is 87.1 Å². The molecule has 0 aliphatic carbocycles. The minimum atomic E-state index is -0.198. The first kappa shape index (κ1) is 16.2. The van der Waals surface area contributed by atoms with Crippen LogP contribution in [0.4, 0.5) is 0 Å². The molecule has 0 spiro atoms. The first-order chi connectivity index (χ1) is 13.0. The van der Waals surface area contributed by atoms with E-state index in [2.05, 4.69) is 26.9 Å². The number of carbonyl (C=O) groups excluding carboxylic acids is 2. The first-order valence-electron chi connectivity index (χ1n) is 9.10. The third kappa shape index (κ3) is 2.40. The number of aromatic amines is 1. The number of H-pyrrole nitrogens is 1. The lowest BCUT2D eigenvalue weighted by atomic mass is 10.0. The zero-order chi connectivity index (χ0) is 18.7. The van der Waals surface area contributed by atoms with Gasteiger partial charge in [0.05, 0.1) is 34.7 Å². The van der Waals surface area contributed by atoms with Crippen LogP contribution in [0.25, 0.3) is 22.6 Å². The lowest BCUT2D eigenvalue weighted by molar-refractivity contribution is 0.0516. The maximum Gasteiger partial charge on any atom is 0.261 e. The Bertz CT molecular complexity index is 1020. The number of imide groups is 1. The van der Waals surface area contributed by atoms with Gasteiger partial charge in [-0.05, 0) is 45.1 Å². The smallest absolute Gasteiger partial charge is 0.261 e. The van der Waals surface area contributed by atoms with Crippen LogP contribution in [-0.2, 0) is 7.05 Å². The van der Waals surface area contributed by atoms with Crippen molar-refractivity contribution < 1.29 is 9.59 Å². The highest BCUT2D eigenvalue weighted by atomic mass is 16.2. The molecular formula is C19H20N6O2. The summed E-state index contributed by atoms with van der Waals surface area (Å²) in [6.07, 6.45) is 5.07. The molecule has 2 aliphatic rings. The van der Waals surface area contributed by atoms with Gasteiger partial charge in [-0.15, -0.1) is 0 Å². The zero-order valence-corrected chi connectivity index (χ0v) is 15.3. The van der Waals surface area contributed by atoms with Crippen molar-refractivity contribution >= 4 is 22.8 Å². The van der Waals surface area contributed by atoms with E-state index in [1.165, 1.54) is 4.90 Å². The molecule has 1 aromatic carbocycles. The molecular weight excluding hydrogens is 344 g/mol. The van der Waals surface area contributed by atoms with Crippen LogP contribution in [0, 0.1) is 0 Å². The summed E-state index contributed by atoms with van der Waals surface area (Å²) in [5.74, 6) is 0.278. The van der Waals surface area contributed by atoms with E-state index in [4.69, 9.17) is 0 Å². The zero-order valence-electron chi connectivity index (χ0n) is 15.3. The number of carbonyl (C=O) groups is 2. The third-order valence-corrected chi connectivity index (χ3v) is 5.63. The van der Waals surface area contributed by atoms with Crippen LogP contribution >= 0.6 is 0 Å². The van der Waals surface area contributed by atoms with Gasteiger partial charge in [0.2, 0.25) is 0 Å². The van der Waals surface area contributed by atoms with Crippen LogP contribution in [0.15, 0.2) is 24.7 Å². The van der Waals surface area contributed by atoms with Gasteiger partial charge in [0.15, 0.2) is 5.82 Å². The number of rotatable bonds is 2. The summed E-state index contributed by atoms with van der Waals surface area (Å²) in [7, 11) is 3.95. The number of fused-ring (bicyclic) bond motifs is 2. The van der Waals surface area contributed by atoms with Gasteiger partial charge in [0.25, 0.3) is 11.8 Å². The Morgan fingerprint density at radius 1 is 1.07 bits per heavy atom. The number of aryl methyl sites for hydroxylation is 1. The van der Waals surface area contributed by atoms with Crippen LogP contribution in [0.3, 0.4) is 0 Å². The number of benzene rings is 1. The number of likely N-dealkylation sites (tertiary alicyclic amines) is 1. The Morgan fingerprint density at radius 2 is 1.78 bits per heavy atom. The molecule has 1 saturated heterocycles. The Labute approximate surface area is 155 Å². The highest BCUT2D eigenvalue weighted by molar-refractivity contribution is 6.23. The van der Waals surface area contributed by atoms with Crippen molar-refractivity contribution in [2.45, 2.75) is 18.9 Å². The number of aromatic nitrogens is 4. The largest absolute Gasteiger partial charge is 0.337 e. The fourth-order valence-corrected chi connectivity index (χ4v) is 4.05. The predicted octanol–water partition coefficient (Wildman–Crippen LogP) is 1.65. The van der Waals surface area contributed by atoms with E-state index in [0.717, 1.165) is 37.1 Å². The molecule has 1 N–H and O–H groups in total. The van der Waals surface area contributed by atoms with Crippen LogP contribution in [-0.4, -0.2) is 67.3 Å². The Morgan fingerprint density at radius 3 is 2.44 bits per heavy atom.